The number of amides is 1. The van der Waals surface area contributed by atoms with Crippen molar-refractivity contribution in [2.45, 2.75) is 37.9 Å². The van der Waals surface area contributed by atoms with Crippen molar-refractivity contribution in [2.75, 3.05) is 19.0 Å². The molecule has 3 aromatic heterocycles. The average molecular weight is 518 g/mol. The van der Waals surface area contributed by atoms with Gasteiger partial charge in [0.15, 0.2) is 0 Å². The van der Waals surface area contributed by atoms with Crippen LogP contribution in [0.15, 0.2) is 29.1 Å². The second-order valence-corrected chi connectivity index (χ2v) is 9.60. The van der Waals surface area contributed by atoms with Crippen molar-refractivity contribution in [3.8, 4) is 22.1 Å². The third-order valence-corrected chi connectivity index (χ3v) is 6.67. The lowest BCUT2D eigenvalue weighted by molar-refractivity contribution is 0.0783. The standard InChI is InChI=1S/C21H20BrN5O4S/c1-11-5-13(14-6-17(22)24-9-16(14)29-2)15(8-23-11)18(28)25-19-26-27-20(32-19)31-12-7-21(3-4-21)30-10-12/h5-6,8-9,12H,3-4,7,10H2,1-2H3,(H,25,26,28). The second-order valence-electron chi connectivity index (χ2n) is 7.84. The minimum atomic E-state index is -0.355. The fourth-order valence-corrected chi connectivity index (χ4v) is 4.72. The number of hydrogen-bond donors (Lipinski definition) is 1. The molecule has 1 saturated heterocycles. The van der Waals surface area contributed by atoms with Crippen LogP contribution in [0.3, 0.4) is 0 Å². The lowest BCUT2D eigenvalue weighted by Crippen LogP contribution is -2.16. The maximum atomic E-state index is 13.1. The Labute approximate surface area is 196 Å². The number of pyridine rings is 2. The molecule has 1 spiro atoms. The number of nitrogens with one attached hydrogen (secondary N) is 1. The maximum absolute atomic E-state index is 13.1. The summed E-state index contributed by atoms with van der Waals surface area (Å²) in [6.07, 6.45) is 6.17. The molecule has 166 valence electrons. The van der Waals surface area contributed by atoms with E-state index < -0.39 is 0 Å². The predicted octanol–water partition coefficient (Wildman–Crippen LogP) is 4.03. The highest BCUT2D eigenvalue weighted by molar-refractivity contribution is 9.10. The van der Waals surface area contributed by atoms with Crippen molar-refractivity contribution in [1.82, 2.24) is 20.2 Å². The summed E-state index contributed by atoms with van der Waals surface area (Å²) >= 11 is 4.57. The molecule has 0 bridgehead atoms. The van der Waals surface area contributed by atoms with E-state index in [1.165, 1.54) is 17.5 Å². The van der Waals surface area contributed by atoms with E-state index in [1.807, 2.05) is 13.0 Å². The van der Waals surface area contributed by atoms with Crippen LogP contribution in [0.5, 0.6) is 10.9 Å². The summed E-state index contributed by atoms with van der Waals surface area (Å²) in [5.41, 5.74) is 2.58. The molecule has 1 saturated carbocycles. The van der Waals surface area contributed by atoms with Crippen LogP contribution in [0, 0.1) is 6.92 Å². The SMILES string of the molecule is COc1cnc(Br)cc1-c1cc(C)ncc1C(=O)Nc1nnc(OC2COC3(CC3)C2)s1. The number of hydrogen-bond acceptors (Lipinski definition) is 9. The van der Waals surface area contributed by atoms with Crippen molar-refractivity contribution < 1.29 is 19.0 Å². The molecule has 1 aliphatic heterocycles. The Morgan fingerprint density at radius 2 is 2.09 bits per heavy atom. The van der Waals surface area contributed by atoms with Crippen molar-refractivity contribution in [1.29, 1.82) is 0 Å². The molecular formula is C21H20BrN5O4S. The molecule has 1 N–H and O–H groups in total. The van der Waals surface area contributed by atoms with Gasteiger partial charge in [0.1, 0.15) is 16.5 Å². The van der Waals surface area contributed by atoms with Gasteiger partial charge in [-0.3, -0.25) is 15.1 Å². The number of aromatic nitrogens is 4. The van der Waals surface area contributed by atoms with E-state index in [0.717, 1.165) is 30.5 Å². The van der Waals surface area contributed by atoms with E-state index in [0.29, 0.717) is 38.4 Å². The minimum absolute atomic E-state index is 0.0282. The molecule has 3 aromatic rings. The van der Waals surface area contributed by atoms with E-state index in [1.54, 1.807) is 19.4 Å². The first-order valence-corrected chi connectivity index (χ1v) is 11.7. The Balaban J connectivity index is 1.35. The van der Waals surface area contributed by atoms with Gasteiger partial charge in [-0.1, -0.05) is 5.10 Å². The van der Waals surface area contributed by atoms with Crippen LogP contribution in [-0.2, 0) is 4.74 Å². The van der Waals surface area contributed by atoms with Crippen LogP contribution in [0.2, 0.25) is 0 Å². The normalized spacial score (nSPS) is 18.5. The fraction of sp³-hybridized carbons (Fsp3) is 0.381. The zero-order valence-electron chi connectivity index (χ0n) is 17.4. The van der Waals surface area contributed by atoms with E-state index in [-0.39, 0.29) is 17.6 Å². The quantitative estimate of drug-likeness (QED) is 0.488. The maximum Gasteiger partial charge on any atom is 0.296 e. The van der Waals surface area contributed by atoms with Crippen LogP contribution in [0.25, 0.3) is 11.1 Å². The van der Waals surface area contributed by atoms with Crippen LogP contribution < -0.4 is 14.8 Å². The van der Waals surface area contributed by atoms with Gasteiger partial charge >= 0.3 is 0 Å². The Bertz CT molecular complexity index is 1180. The van der Waals surface area contributed by atoms with Gasteiger partial charge in [0.05, 0.1) is 31.1 Å². The number of ether oxygens (including phenoxy) is 3. The van der Waals surface area contributed by atoms with Gasteiger partial charge in [-0.05, 0) is 59.2 Å². The highest BCUT2D eigenvalue weighted by Crippen LogP contribution is 2.48. The van der Waals surface area contributed by atoms with Gasteiger partial charge in [-0.25, -0.2) is 4.98 Å². The number of nitrogens with zero attached hydrogens (tertiary/aromatic N) is 4. The molecule has 0 radical (unpaired) electrons. The fourth-order valence-electron chi connectivity index (χ4n) is 3.74. The number of rotatable bonds is 6. The molecule has 1 aliphatic carbocycles. The third kappa shape index (κ3) is 4.32. The third-order valence-electron chi connectivity index (χ3n) is 5.51. The van der Waals surface area contributed by atoms with E-state index in [2.05, 4.69) is 41.4 Å². The van der Waals surface area contributed by atoms with Gasteiger partial charge in [0.25, 0.3) is 11.1 Å². The largest absolute Gasteiger partial charge is 0.494 e. The summed E-state index contributed by atoms with van der Waals surface area (Å²) in [5, 5.41) is 11.7. The lowest BCUT2D eigenvalue weighted by atomic mass is 10.0. The first kappa shape index (κ1) is 21.2. The van der Waals surface area contributed by atoms with Crippen molar-refractivity contribution in [2.24, 2.45) is 0 Å². The number of methoxy groups -OCH3 is 1. The van der Waals surface area contributed by atoms with Crippen LogP contribution in [0.4, 0.5) is 5.13 Å². The topological polar surface area (TPSA) is 108 Å². The molecule has 32 heavy (non-hydrogen) atoms. The van der Waals surface area contributed by atoms with Gasteiger partial charge in [-0.2, -0.15) is 0 Å². The smallest absolute Gasteiger partial charge is 0.296 e. The summed E-state index contributed by atoms with van der Waals surface area (Å²) in [5.74, 6) is 0.193. The molecule has 5 rings (SSSR count). The Morgan fingerprint density at radius 1 is 1.25 bits per heavy atom. The summed E-state index contributed by atoms with van der Waals surface area (Å²) in [4.78, 5) is 21.6. The molecule has 1 unspecified atom stereocenters. The molecule has 9 nitrogen and oxygen atoms in total. The van der Waals surface area contributed by atoms with Crippen molar-refractivity contribution in [3.63, 3.8) is 0 Å². The Kier molecular flexibility index (Phi) is 5.56. The summed E-state index contributed by atoms with van der Waals surface area (Å²) in [7, 11) is 1.56. The summed E-state index contributed by atoms with van der Waals surface area (Å²) in [6.45, 7) is 2.42. The molecule has 11 heteroatoms. The van der Waals surface area contributed by atoms with Gasteiger partial charge in [0.2, 0.25) is 5.13 Å². The molecule has 1 amide bonds. The lowest BCUT2D eigenvalue weighted by Gasteiger charge is -2.13. The highest BCUT2D eigenvalue weighted by Gasteiger charge is 2.51. The molecule has 1 atom stereocenters. The molecular weight excluding hydrogens is 498 g/mol. The van der Waals surface area contributed by atoms with Crippen LogP contribution in [-0.4, -0.2) is 51.5 Å². The van der Waals surface area contributed by atoms with Gasteiger partial charge in [-0.15, -0.1) is 5.10 Å². The van der Waals surface area contributed by atoms with Crippen molar-refractivity contribution >= 4 is 38.3 Å². The number of halogens is 1. The van der Waals surface area contributed by atoms with Gasteiger partial charge in [0, 0.05) is 29.4 Å². The summed E-state index contributed by atoms with van der Waals surface area (Å²) in [6, 6.07) is 3.64. The zero-order chi connectivity index (χ0) is 22.3. The Morgan fingerprint density at radius 3 is 2.84 bits per heavy atom. The average Bonchev–Trinajstić information content (AvgIpc) is 3.20. The van der Waals surface area contributed by atoms with Crippen molar-refractivity contribution in [3.05, 3.63) is 40.4 Å². The molecule has 0 aromatic carbocycles. The number of carbonyl (C=O) groups excluding carboxylic acids is 1. The highest BCUT2D eigenvalue weighted by atomic mass is 79.9. The number of anilines is 1. The first-order valence-electron chi connectivity index (χ1n) is 10.1. The molecule has 4 heterocycles. The predicted molar refractivity (Wildman–Crippen MR) is 121 cm³/mol. The summed E-state index contributed by atoms with van der Waals surface area (Å²) < 4.78 is 17.8. The Hall–Kier alpha value is -2.63. The van der Waals surface area contributed by atoms with E-state index >= 15 is 0 Å². The van der Waals surface area contributed by atoms with E-state index in [4.69, 9.17) is 14.2 Å². The number of aryl methyl sites for hydroxylation is 1. The minimum Gasteiger partial charge on any atom is -0.494 e. The van der Waals surface area contributed by atoms with E-state index in [9.17, 15) is 4.79 Å². The molecule has 2 aliphatic rings. The van der Waals surface area contributed by atoms with Gasteiger partial charge < -0.3 is 14.2 Å². The molecule has 2 fully saturated rings. The first-order chi connectivity index (χ1) is 15.4. The zero-order valence-corrected chi connectivity index (χ0v) is 19.8. The van der Waals surface area contributed by atoms with Crippen LogP contribution in [0.1, 0.15) is 35.3 Å². The second kappa shape index (κ2) is 8.38. The number of carbonyl (C=O) groups is 1. The van der Waals surface area contributed by atoms with Crippen LogP contribution >= 0.6 is 27.3 Å². The monoisotopic (exact) mass is 517 g/mol.